The van der Waals surface area contributed by atoms with E-state index >= 15 is 0 Å². The van der Waals surface area contributed by atoms with Gasteiger partial charge in [0.25, 0.3) is 0 Å². The molecule has 0 unspecified atom stereocenters. The van der Waals surface area contributed by atoms with E-state index in [9.17, 15) is 0 Å². The Morgan fingerprint density at radius 2 is 2.31 bits per heavy atom. The van der Waals surface area contributed by atoms with Gasteiger partial charge in [0.1, 0.15) is 11.3 Å². The molecule has 3 nitrogen and oxygen atoms in total. The van der Waals surface area contributed by atoms with Crippen LogP contribution >= 0.6 is 24.0 Å². The zero-order valence-corrected chi connectivity index (χ0v) is 8.64. The summed E-state index contributed by atoms with van der Waals surface area (Å²) in [5.41, 5.74) is 1.97. The van der Waals surface area contributed by atoms with Gasteiger partial charge < -0.3 is 4.57 Å². The first-order valence-corrected chi connectivity index (χ1v) is 4.17. The Kier molecular flexibility index (Phi) is 3.12. The monoisotopic (exact) mass is 217 g/mol. The van der Waals surface area contributed by atoms with E-state index in [0.29, 0.717) is 5.88 Å². The number of pyridine rings is 1. The summed E-state index contributed by atoms with van der Waals surface area (Å²) in [7, 11) is 1.95. The number of hydrogen-bond acceptors (Lipinski definition) is 2. The molecule has 0 saturated heterocycles. The van der Waals surface area contributed by atoms with Gasteiger partial charge in [0, 0.05) is 13.2 Å². The largest absolute Gasteiger partial charge is 0.330 e. The average molecular weight is 218 g/mol. The normalized spacial score (nSPS) is 10.0. The Bertz CT molecular complexity index is 411. The fraction of sp³-hybridized carbons (Fsp3) is 0.250. The maximum atomic E-state index is 5.70. The second-order valence-electron chi connectivity index (χ2n) is 2.59. The number of aryl methyl sites for hydroxylation is 1. The zero-order valence-electron chi connectivity index (χ0n) is 7.07. The first kappa shape index (κ1) is 10.3. The second kappa shape index (κ2) is 3.94. The molecular formula is C8H9Cl2N3. The summed E-state index contributed by atoms with van der Waals surface area (Å²) in [4.78, 5) is 8.28. The van der Waals surface area contributed by atoms with Crippen LogP contribution in [0.15, 0.2) is 18.5 Å². The molecule has 0 amide bonds. The van der Waals surface area contributed by atoms with E-state index in [-0.39, 0.29) is 12.4 Å². The summed E-state index contributed by atoms with van der Waals surface area (Å²) in [5.74, 6) is 1.31. The summed E-state index contributed by atoms with van der Waals surface area (Å²) in [6.07, 6.45) is 3.49. The minimum Gasteiger partial charge on any atom is -0.330 e. The van der Waals surface area contributed by atoms with Crippen LogP contribution in [0.1, 0.15) is 5.82 Å². The van der Waals surface area contributed by atoms with E-state index in [4.69, 9.17) is 11.6 Å². The summed E-state index contributed by atoms with van der Waals surface area (Å²) < 4.78 is 1.98. The molecule has 13 heavy (non-hydrogen) atoms. The van der Waals surface area contributed by atoms with Crippen LogP contribution in [0.4, 0.5) is 0 Å². The van der Waals surface area contributed by atoms with Crippen LogP contribution in [0.25, 0.3) is 11.0 Å². The van der Waals surface area contributed by atoms with Gasteiger partial charge in [-0.2, -0.15) is 0 Å². The highest BCUT2D eigenvalue weighted by Crippen LogP contribution is 2.13. The quantitative estimate of drug-likeness (QED) is 0.686. The Morgan fingerprint density at radius 1 is 1.54 bits per heavy atom. The van der Waals surface area contributed by atoms with Crippen LogP contribution in [0.3, 0.4) is 0 Å². The van der Waals surface area contributed by atoms with Crippen molar-refractivity contribution in [1.29, 1.82) is 0 Å². The van der Waals surface area contributed by atoms with Gasteiger partial charge in [-0.3, -0.25) is 4.98 Å². The van der Waals surface area contributed by atoms with Gasteiger partial charge >= 0.3 is 0 Å². The molecule has 2 aromatic heterocycles. The van der Waals surface area contributed by atoms with Crippen molar-refractivity contribution in [2.75, 3.05) is 0 Å². The molecule has 0 saturated carbocycles. The minimum atomic E-state index is 0. The van der Waals surface area contributed by atoms with Crippen LogP contribution in [-0.2, 0) is 12.9 Å². The van der Waals surface area contributed by atoms with Gasteiger partial charge in [0.15, 0.2) is 0 Å². The fourth-order valence-corrected chi connectivity index (χ4v) is 1.46. The smallest absolute Gasteiger partial charge is 0.124 e. The first-order chi connectivity index (χ1) is 5.83. The van der Waals surface area contributed by atoms with Crippen LogP contribution in [-0.4, -0.2) is 14.5 Å². The lowest BCUT2D eigenvalue weighted by molar-refractivity contribution is 0.873. The third kappa shape index (κ3) is 1.62. The van der Waals surface area contributed by atoms with E-state index in [2.05, 4.69) is 9.97 Å². The lowest BCUT2D eigenvalue weighted by Gasteiger charge is -1.95. The molecule has 0 aliphatic heterocycles. The maximum Gasteiger partial charge on any atom is 0.124 e. The van der Waals surface area contributed by atoms with E-state index in [1.54, 1.807) is 12.4 Å². The molecular weight excluding hydrogens is 209 g/mol. The summed E-state index contributed by atoms with van der Waals surface area (Å²) in [6, 6.07) is 1.93. The van der Waals surface area contributed by atoms with Gasteiger partial charge in [-0.05, 0) is 6.07 Å². The molecule has 0 aliphatic rings. The molecule has 0 fully saturated rings. The second-order valence-corrected chi connectivity index (χ2v) is 2.85. The number of rotatable bonds is 1. The highest BCUT2D eigenvalue weighted by atomic mass is 35.5. The highest BCUT2D eigenvalue weighted by molar-refractivity contribution is 6.16. The molecule has 0 aliphatic carbocycles. The van der Waals surface area contributed by atoms with Crippen molar-refractivity contribution in [3.05, 3.63) is 24.3 Å². The zero-order chi connectivity index (χ0) is 8.55. The van der Waals surface area contributed by atoms with Crippen molar-refractivity contribution >= 4 is 35.0 Å². The van der Waals surface area contributed by atoms with Gasteiger partial charge in [0.05, 0.1) is 17.6 Å². The first-order valence-electron chi connectivity index (χ1n) is 3.64. The Balaban J connectivity index is 0.000000845. The van der Waals surface area contributed by atoms with Crippen molar-refractivity contribution in [2.24, 2.45) is 7.05 Å². The third-order valence-corrected chi connectivity index (χ3v) is 2.13. The molecule has 2 heterocycles. The molecule has 0 spiro atoms. The number of aromatic nitrogens is 3. The number of halogens is 2. The van der Waals surface area contributed by atoms with E-state index in [1.165, 1.54) is 0 Å². The molecule has 0 aromatic carbocycles. The number of hydrogen-bond donors (Lipinski definition) is 0. The minimum absolute atomic E-state index is 0. The molecule has 70 valence electrons. The van der Waals surface area contributed by atoms with Gasteiger partial charge in [0.2, 0.25) is 0 Å². The van der Waals surface area contributed by atoms with Crippen molar-refractivity contribution in [2.45, 2.75) is 5.88 Å². The number of nitrogens with zero attached hydrogens (tertiary/aromatic N) is 3. The van der Waals surface area contributed by atoms with Crippen molar-refractivity contribution < 1.29 is 0 Å². The Morgan fingerprint density at radius 3 is 2.92 bits per heavy atom. The lowest BCUT2D eigenvalue weighted by Crippen LogP contribution is -1.93. The molecule has 2 rings (SSSR count). The highest BCUT2D eigenvalue weighted by Gasteiger charge is 2.04. The van der Waals surface area contributed by atoms with E-state index < -0.39 is 0 Å². The summed E-state index contributed by atoms with van der Waals surface area (Å²) in [6.45, 7) is 0. The Hall–Kier alpha value is -0.800. The van der Waals surface area contributed by atoms with Gasteiger partial charge in [-0.1, -0.05) is 0 Å². The third-order valence-electron chi connectivity index (χ3n) is 1.90. The van der Waals surface area contributed by atoms with E-state index in [0.717, 1.165) is 16.9 Å². The topological polar surface area (TPSA) is 30.7 Å². The predicted molar refractivity (Wildman–Crippen MR) is 55.3 cm³/mol. The summed E-state index contributed by atoms with van der Waals surface area (Å²) in [5, 5.41) is 0. The average Bonchev–Trinajstić information content (AvgIpc) is 2.44. The lowest BCUT2D eigenvalue weighted by atomic mass is 10.4. The van der Waals surface area contributed by atoms with Crippen LogP contribution in [0.5, 0.6) is 0 Å². The molecule has 5 heteroatoms. The van der Waals surface area contributed by atoms with Crippen LogP contribution < -0.4 is 0 Å². The number of imidazole rings is 1. The van der Waals surface area contributed by atoms with Crippen molar-refractivity contribution in [3.63, 3.8) is 0 Å². The summed E-state index contributed by atoms with van der Waals surface area (Å²) >= 11 is 5.70. The standard InChI is InChI=1S/C8H8ClN3.ClH/c1-12-7-2-3-10-5-6(7)11-8(12)4-9;/h2-3,5H,4H2,1H3;1H. The molecule has 0 radical (unpaired) electrons. The van der Waals surface area contributed by atoms with Gasteiger partial charge in [-0.15, -0.1) is 24.0 Å². The maximum absolute atomic E-state index is 5.70. The number of fused-ring (bicyclic) bond motifs is 1. The predicted octanol–water partition coefficient (Wildman–Crippen LogP) is 2.13. The molecule has 0 atom stereocenters. The van der Waals surface area contributed by atoms with Gasteiger partial charge in [-0.25, -0.2) is 4.98 Å². The molecule has 0 N–H and O–H groups in total. The van der Waals surface area contributed by atoms with Crippen molar-refractivity contribution in [3.8, 4) is 0 Å². The molecule has 2 aromatic rings. The van der Waals surface area contributed by atoms with Crippen molar-refractivity contribution in [1.82, 2.24) is 14.5 Å². The SMILES string of the molecule is Cl.Cn1c(CCl)nc2cnccc21. The van der Waals surface area contributed by atoms with Crippen LogP contribution in [0.2, 0.25) is 0 Å². The fourth-order valence-electron chi connectivity index (χ4n) is 1.22. The number of alkyl halides is 1. The molecule has 0 bridgehead atoms. The van der Waals surface area contributed by atoms with E-state index in [1.807, 2.05) is 17.7 Å². The van der Waals surface area contributed by atoms with Crippen LogP contribution in [0, 0.1) is 0 Å². The Labute approximate surface area is 87.2 Å².